The topological polar surface area (TPSA) is 49.4 Å². The van der Waals surface area contributed by atoms with Crippen LogP contribution in [0.1, 0.15) is 12.0 Å². The molecule has 2 aromatic rings. The summed E-state index contributed by atoms with van der Waals surface area (Å²) >= 11 is 0. The standard InChI is InChI=1S/C16H17FN2O2S/c1-19-10-2-3-12-4-7-14(11-16(12)19)18-22(20,21)15-8-5-13(17)6-9-15/h4-9,11,18H,2-3,10H2,1H3. The molecule has 0 amide bonds. The van der Waals surface area contributed by atoms with Crippen LogP contribution >= 0.6 is 0 Å². The number of hydrogen-bond donors (Lipinski definition) is 1. The van der Waals surface area contributed by atoms with Crippen molar-refractivity contribution in [2.75, 3.05) is 23.2 Å². The van der Waals surface area contributed by atoms with Crippen LogP contribution in [0.4, 0.5) is 15.8 Å². The smallest absolute Gasteiger partial charge is 0.261 e. The van der Waals surface area contributed by atoms with E-state index in [1.807, 2.05) is 19.2 Å². The first-order chi connectivity index (χ1) is 10.5. The number of nitrogens with one attached hydrogen (secondary N) is 1. The Morgan fingerprint density at radius 1 is 1.14 bits per heavy atom. The lowest BCUT2D eigenvalue weighted by molar-refractivity contribution is 0.599. The molecule has 1 N–H and O–H groups in total. The molecule has 0 bridgehead atoms. The summed E-state index contributed by atoms with van der Waals surface area (Å²) < 4.78 is 40.1. The fraction of sp³-hybridized carbons (Fsp3) is 0.250. The first-order valence-electron chi connectivity index (χ1n) is 7.08. The van der Waals surface area contributed by atoms with Crippen molar-refractivity contribution in [2.24, 2.45) is 0 Å². The minimum Gasteiger partial charge on any atom is -0.374 e. The molecule has 0 saturated heterocycles. The fourth-order valence-corrected chi connectivity index (χ4v) is 3.70. The predicted octanol–water partition coefficient (Wildman–Crippen LogP) is 3.01. The Bertz CT molecular complexity index is 788. The van der Waals surface area contributed by atoms with E-state index in [0.717, 1.165) is 37.2 Å². The molecule has 1 heterocycles. The van der Waals surface area contributed by atoms with Crippen molar-refractivity contribution in [3.8, 4) is 0 Å². The van der Waals surface area contributed by atoms with E-state index in [1.165, 1.54) is 17.7 Å². The minimum atomic E-state index is -3.71. The molecule has 0 spiro atoms. The molecule has 0 aromatic heterocycles. The lowest BCUT2D eigenvalue weighted by Gasteiger charge is -2.28. The second-order valence-corrected chi connectivity index (χ2v) is 7.11. The van der Waals surface area contributed by atoms with E-state index in [9.17, 15) is 12.8 Å². The van der Waals surface area contributed by atoms with E-state index >= 15 is 0 Å². The van der Waals surface area contributed by atoms with Crippen molar-refractivity contribution in [1.29, 1.82) is 0 Å². The average molecular weight is 320 g/mol. The third-order valence-corrected chi connectivity index (χ3v) is 5.21. The van der Waals surface area contributed by atoms with Crippen LogP contribution in [0.15, 0.2) is 47.4 Å². The predicted molar refractivity (Wildman–Crippen MR) is 85.2 cm³/mol. The fourth-order valence-electron chi connectivity index (χ4n) is 2.65. The molecule has 0 radical (unpaired) electrons. The van der Waals surface area contributed by atoms with Gasteiger partial charge in [-0.1, -0.05) is 6.07 Å². The highest BCUT2D eigenvalue weighted by Crippen LogP contribution is 2.29. The van der Waals surface area contributed by atoms with Gasteiger partial charge in [0.25, 0.3) is 10.0 Å². The zero-order valence-electron chi connectivity index (χ0n) is 12.2. The maximum absolute atomic E-state index is 12.9. The average Bonchev–Trinajstić information content (AvgIpc) is 2.48. The largest absolute Gasteiger partial charge is 0.374 e. The van der Waals surface area contributed by atoms with Crippen LogP contribution in [-0.2, 0) is 16.4 Å². The van der Waals surface area contributed by atoms with E-state index in [1.54, 1.807) is 6.07 Å². The Labute approximate surface area is 129 Å². The quantitative estimate of drug-likeness (QED) is 0.946. The molecule has 22 heavy (non-hydrogen) atoms. The number of rotatable bonds is 3. The van der Waals surface area contributed by atoms with Crippen LogP contribution < -0.4 is 9.62 Å². The Morgan fingerprint density at radius 2 is 1.86 bits per heavy atom. The lowest BCUT2D eigenvalue weighted by atomic mass is 10.0. The van der Waals surface area contributed by atoms with Gasteiger partial charge in [0.15, 0.2) is 0 Å². The van der Waals surface area contributed by atoms with Gasteiger partial charge < -0.3 is 4.90 Å². The Balaban J connectivity index is 1.89. The van der Waals surface area contributed by atoms with Gasteiger partial charge >= 0.3 is 0 Å². The number of hydrogen-bond acceptors (Lipinski definition) is 3. The lowest BCUT2D eigenvalue weighted by Crippen LogP contribution is -2.24. The van der Waals surface area contributed by atoms with Crippen molar-refractivity contribution in [2.45, 2.75) is 17.7 Å². The number of anilines is 2. The Morgan fingerprint density at radius 3 is 2.59 bits per heavy atom. The van der Waals surface area contributed by atoms with E-state index in [2.05, 4.69) is 9.62 Å². The van der Waals surface area contributed by atoms with Gasteiger partial charge in [-0.05, 0) is 54.8 Å². The van der Waals surface area contributed by atoms with Crippen LogP contribution in [0.5, 0.6) is 0 Å². The van der Waals surface area contributed by atoms with Gasteiger partial charge in [-0.2, -0.15) is 0 Å². The maximum atomic E-state index is 12.9. The summed E-state index contributed by atoms with van der Waals surface area (Å²) in [5.41, 5.74) is 2.78. The Kier molecular flexibility index (Phi) is 3.78. The molecule has 4 nitrogen and oxygen atoms in total. The number of aryl methyl sites for hydroxylation is 1. The molecule has 0 saturated carbocycles. The van der Waals surface area contributed by atoms with Crippen LogP contribution in [0.3, 0.4) is 0 Å². The summed E-state index contributed by atoms with van der Waals surface area (Å²) in [6, 6.07) is 10.3. The summed E-state index contributed by atoms with van der Waals surface area (Å²) in [5.74, 6) is -0.464. The first-order valence-corrected chi connectivity index (χ1v) is 8.56. The summed E-state index contributed by atoms with van der Waals surface area (Å²) in [6.07, 6.45) is 2.11. The van der Waals surface area contributed by atoms with Crippen LogP contribution in [0.25, 0.3) is 0 Å². The molecule has 6 heteroatoms. The number of sulfonamides is 1. The van der Waals surface area contributed by atoms with Gasteiger partial charge in [0.1, 0.15) is 5.82 Å². The van der Waals surface area contributed by atoms with Crippen LogP contribution in [0, 0.1) is 5.82 Å². The molecule has 1 aliphatic rings. The van der Waals surface area contributed by atoms with E-state index in [4.69, 9.17) is 0 Å². The van der Waals surface area contributed by atoms with Crippen molar-refractivity contribution in [3.05, 3.63) is 53.8 Å². The zero-order valence-corrected chi connectivity index (χ0v) is 13.0. The van der Waals surface area contributed by atoms with Gasteiger partial charge in [-0.3, -0.25) is 4.72 Å². The molecule has 2 aromatic carbocycles. The van der Waals surface area contributed by atoms with Crippen LogP contribution in [-0.4, -0.2) is 22.0 Å². The second kappa shape index (κ2) is 5.61. The van der Waals surface area contributed by atoms with Gasteiger partial charge in [0.05, 0.1) is 10.6 Å². The highest BCUT2D eigenvalue weighted by atomic mass is 32.2. The second-order valence-electron chi connectivity index (χ2n) is 5.43. The summed E-state index contributed by atoms with van der Waals surface area (Å²) in [4.78, 5) is 2.16. The van der Waals surface area contributed by atoms with Gasteiger partial charge in [-0.15, -0.1) is 0 Å². The molecule has 3 rings (SSSR count). The number of benzene rings is 2. The highest BCUT2D eigenvalue weighted by molar-refractivity contribution is 7.92. The zero-order chi connectivity index (χ0) is 15.7. The molecule has 0 unspecified atom stereocenters. The molecule has 0 aliphatic carbocycles. The van der Waals surface area contributed by atoms with E-state index in [0.29, 0.717) is 5.69 Å². The van der Waals surface area contributed by atoms with Crippen molar-refractivity contribution < 1.29 is 12.8 Å². The number of halogens is 1. The normalized spacial score (nSPS) is 14.5. The third-order valence-electron chi connectivity index (χ3n) is 3.81. The Hall–Kier alpha value is -2.08. The van der Waals surface area contributed by atoms with E-state index < -0.39 is 15.8 Å². The minimum absolute atomic E-state index is 0.0416. The van der Waals surface area contributed by atoms with Gasteiger partial charge in [0.2, 0.25) is 0 Å². The van der Waals surface area contributed by atoms with Crippen LogP contribution in [0.2, 0.25) is 0 Å². The third kappa shape index (κ3) is 2.92. The number of fused-ring (bicyclic) bond motifs is 1. The number of nitrogens with zero attached hydrogens (tertiary/aromatic N) is 1. The van der Waals surface area contributed by atoms with Gasteiger partial charge in [-0.25, -0.2) is 12.8 Å². The molecule has 0 atom stereocenters. The SMILES string of the molecule is CN1CCCc2ccc(NS(=O)(=O)c3ccc(F)cc3)cc21. The summed E-state index contributed by atoms with van der Waals surface area (Å²) in [6.45, 7) is 0.959. The first kappa shape index (κ1) is 14.8. The van der Waals surface area contributed by atoms with Crippen molar-refractivity contribution in [3.63, 3.8) is 0 Å². The highest BCUT2D eigenvalue weighted by Gasteiger charge is 2.17. The van der Waals surface area contributed by atoms with E-state index in [-0.39, 0.29) is 4.90 Å². The summed E-state index contributed by atoms with van der Waals surface area (Å²) in [5, 5.41) is 0. The summed E-state index contributed by atoms with van der Waals surface area (Å²) in [7, 11) is -1.71. The van der Waals surface area contributed by atoms with Gasteiger partial charge in [0, 0.05) is 19.3 Å². The maximum Gasteiger partial charge on any atom is 0.261 e. The van der Waals surface area contributed by atoms with Crippen molar-refractivity contribution >= 4 is 21.4 Å². The monoisotopic (exact) mass is 320 g/mol. The molecule has 0 fully saturated rings. The molecule has 116 valence electrons. The molecular formula is C16H17FN2O2S. The van der Waals surface area contributed by atoms with Crippen molar-refractivity contribution in [1.82, 2.24) is 0 Å². The molecular weight excluding hydrogens is 303 g/mol. The molecule has 1 aliphatic heterocycles.